The molecule has 0 heterocycles. The van der Waals surface area contributed by atoms with Crippen molar-refractivity contribution in [1.29, 1.82) is 0 Å². The van der Waals surface area contributed by atoms with Crippen LogP contribution >= 0.6 is 0 Å². The third-order valence-corrected chi connectivity index (χ3v) is 3.06. The molecule has 1 N–H and O–H groups in total. The van der Waals surface area contributed by atoms with E-state index in [1.165, 1.54) is 0 Å². The van der Waals surface area contributed by atoms with Crippen LogP contribution in [0.2, 0.25) is 0 Å². The van der Waals surface area contributed by atoms with Crippen LogP contribution in [0.3, 0.4) is 0 Å². The molecule has 0 bridgehead atoms. The molecule has 0 aliphatic carbocycles. The van der Waals surface area contributed by atoms with Gasteiger partial charge in [0.15, 0.2) is 0 Å². The van der Waals surface area contributed by atoms with E-state index < -0.39 is 5.60 Å². The highest BCUT2D eigenvalue weighted by molar-refractivity contribution is 5.68. The molecule has 0 aromatic rings. The van der Waals surface area contributed by atoms with Crippen LogP contribution < -0.4 is 5.32 Å². The zero-order valence-corrected chi connectivity index (χ0v) is 13.6. The maximum Gasteiger partial charge on any atom is 0.410 e. The van der Waals surface area contributed by atoms with Crippen LogP contribution in [0.1, 0.15) is 60.8 Å². The predicted molar refractivity (Wildman–Crippen MR) is 80.5 cm³/mol. The number of hydrogen-bond donors (Lipinski definition) is 1. The molecule has 0 aliphatic rings. The number of carbonyl (C=O) groups excluding carboxylic acids is 1. The highest BCUT2D eigenvalue weighted by Gasteiger charge is 2.20. The minimum absolute atomic E-state index is 0.211. The van der Waals surface area contributed by atoms with E-state index in [2.05, 4.69) is 19.2 Å². The number of amides is 1. The molecule has 0 radical (unpaired) electrons. The van der Waals surface area contributed by atoms with Crippen molar-refractivity contribution in [3.05, 3.63) is 0 Å². The summed E-state index contributed by atoms with van der Waals surface area (Å²) in [5.74, 6) is 0. The number of hydrogen-bond acceptors (Lipinski definition) is 3. The van der Waals surface area contributed by atoms with Crippen LogP contribution in [-0.2, 0) is 4.74 Å². The fourth-order valence-corrected chi connectivity index (χ4v) is 1.86. The molecule has 0 unspecified atom stereocenters. The third kappa shape index (κ3) is 8.87. The second-order valence-electron chi connectivity index (χ2n) is 5.88. The topological polar surface area (TPSA) is 41.6 Å². The van der Waals surface area contributed by atoms with Gasteiger partial charge in [0, 0.05) is 19.1 Å². The molecule has 114 valence electrons. The molecule has 0 saturated heterocycles. The Bertz CT molecular complexity index is 245. The maximum absolute atomic E-state index is 11.9. The van der Waals surface area contributed by atoms with Crippen LogP contribution in [0, 0.1) is 0 Å². The number of rotatable bonds is 8. The van der Waals surface area contributed by atoms with Gasteiger partial charge < -0.3 is 15.0 Å². The van der Waals surface area contributed by atoms with E-state index in [1.807, 2.05) is 27.7 Å². The second-order valence-corrected chi connectivity index (χ2v) is 5.88. The van der Waals surface area contributed by atoms with E-state index >= 15 is 0 Å². The lowest BCUT2D eigenvalue weighted by Crippen LogP contribution is -2.38. The predicted octanol–water partition coefficient (Wildman–Crippen LogP) is 3.41. The number of carbonyl (C=O) groups is 1. The fourth-order valence-electron chi connectivity index (χ4n) is 1.86. The van der Waals surface area contributed by atoms with Crippen molar-refractivity contribution in [2.45, 2.75) is 72.4 Å². The Kier molecular flexibility index (Phi) is 8.81. The Hall–Kier alpha value is -0.770. The van der Waals surface area contributed by atoms with Crippen LogP contribution in [-0.4, -0.2) is 42.3 Å². The van der Waals surface area contributed by atoms with Gasteiger partial charge in [0.2, 0.25) is 0 Å². The zero-order valence-electron chi connectivity index (χ0n) is 13.6. The number of nitrogens with one attached hydrogen (secondary N) is 1. The molecule has 0 aliphatic heterocycles. The molecule has 0 saturated carbocycles. The lowest BCUT2D eigenvalue weighted by molar-refractivity contribution is 0.0258. The van der Waals surface area contributed by atoms with E-state index in [0.717, 1.165) is 32.4 Å². The van der Waals surface area contributed by atoms with Crippen molar-refractivity contribution in [1.82, 2.24) is 10.2 Å². The highest BCUT2D eigenvalue weighted by Crippen LogP contribution is 2.10. The molecule has 4 nitrogen and oxygen atoms in total. The Morgan fingerprint density at radius 1 is 1.21 bits per heavy atom. The van der Waals surface area contributed by atoms with Gasteiger partial charge in [-0.05, 0) is 53.5 Å². The summed E-state index contributed by atoms with van der Waals surface area (Å²) in [6.07, 6.45) is 3.06. The Balaban J connectivity index is 3.97. The summed E-state index contributed by atoms with van der Waals surface area (Å²) in [4.78, 5) is 13.7. The second kappa shape index (κ2) is 9.18. The molecule has 0 fully saturated rings. The van der Waals surface area contributed by atoms with Crippen LogP contribution in [0.15, 0.2) is 0 Å². The lowest BCUT2D eigenvalue weighted by atomic mass is 10.2. The molecule has 4 heteroatoms. The molecule has 0 spiro atoms. The summed E-state index contributed by atoms with van der Waals surface area (Å²) in [5, 5.41) is 3.51. The smallest absolute Gasteiger partial charge is 0.410 e. The standard InChI is InChI=1S/C15H32N2O2/c1-7-13(8-2)16-11-10-12-17(9-3)14(18)19-15(4,5)6/h13,16H,7-12H2,1-6H3. The Labute approximate surface area is 118 Å². The molecule has 0 atom stereocenters. The SMILES string of the molecule is CCC(CC)NCCCN(CC)C(=O)OC(C)(C)C. The van der Waals surface area contributed by atoms with E-state index in [4.69, 9.17) is 4.74 Å². The van der Waals surface area contributed by atoms with Gasteiger partial charge in [0.1, 0.15) is 5.60 Å². The molecule has 19 heavy (non-hydrogen) atoms. The van der Waals surface area contributed by atoms with E-state index in [9.17, 15) is 4.79 Å². The van der Waals surface area contributed by atoms with E-state index in [1.54, 1.807) is 4.90 Å². The quantitative estimate of drug-likeness (QED) is 0.688. The maximum atomic E-state index is 11.9. The summed E-state index contributed by atoms with van der Waals surface area (Å²) in [6.45, 7) is 14.5. The summed E-state index contributed by atoms with van der Waals surface area (Å²) >= 11 is 0. The summed E-state index contributed by atoms with van der Waals surface area (Å²) < 4.78 is 5.38. The minimum atomic E-state index is -0.418. The van der Waals surface area contributed by atoms with Crippen molar-refractivity contribution < 1.29 is 9.53 Å². The monoisotopic (exact) mass is 272 g/mol. The lowest BCUT2D eigenvalue weighted by Gasteiger charge is -2.26. The number of nitrogens with zero attached hydrogens (tertiary/aromatic N) is 1. The highest BCUT2D eigenvalue weighted by atomic mass is 16.6. The van der Waals surface area contributed by atoms with Crippen molar-refractivity contribution in [2.75, 3.05) is 19.6 Å². The van der Waals surface area contributed by atoms with Gasteiger partial charge in [0.25, 0.3) is 0 Å². The van der Waals surface area contributed by atoms with Gasteiger partial charge in [-0.3, -0.25) is 0 Å². The summed E-state index contributed by atoms with van der Waals surface area (Å²) in [6, 6.07) is 0.594. The van der Waals surface area contributed by atoms with Crippen molar-refractivity contribution in [3.63, 3.8) is 0 Å². The molecule has 1 amide bonds. The average Bonchev–Trinajstić information content (AvgIpc) is 2.31. The van der Waals surface area contributed by atoms with E-state index in [0.29, 0.717) is 12.6 Å². The normalized spacial score (nSPS) is 11.7. The van der Waals surface area contributed by atoms with Gasteiger partial charge in [-0.2, -0.15) is 0 Å². The first-order valence-electron chi connectivity index (χ1n) is 7.55. The summed E-state index contributed by atoms with van der Waals surface area (Å²) in [7, 11) is 0. The van der Waals surface area contributed by atoms with Crippen molar-refractivity contribution in [2.24, 2.45) is 0 Å². The van der Waals surface area contributed by atoms with Gasteiger partial charge in [-0.25, -0.2) is 4.79 Å². The summed E-state index contributed by atoms with van der Waals surface area (Å²) in [5.41, 5.74) is -0.418. The molecule has 0 rings (SSSR count). The first-order valence-corrected chi connectivity index (χ1v) is 7.55. The largest absolute Gasteiger partial charge is 0.444 e. The molecule has 0 aromatic carbocycles. The third-order valence-electron chi connectivity index (χ3n) is 3.06. The Morgan fingerprint density at radius 2 is 1.79 bits per heavy atom. The van der Waals surface area contributed by atoms with Gasteiger partial charge in [-0.1, -0.05) is 13.8 Å². The minimum Gasteiger partial charge on any atom is -0.444 e. The van der Waals surface area contributed by atoms with Crippen molar-refractivity contribution in [3.8, 4) is 0 Å². The van der Waals surface area contributed by atoms with Crippen LogP contribution in [0.25, 0.3) is 0 Å². The average molecular weight is 272 g/mol. The molecule has 0 aromatic heterocycles. The molecular weight excluding hydrogens is 240 g/mol. The first kappa shape index (κ1) is 18.2. The van der Waals surface area contributed by atoms with E-state index in [-0.39, 0.29) is 6.09 Å². The first-order chi connectivity index (χ1) is 8.84. The van der Waals surface area contributed by atoms with Crippen LogP contribution in [0.5, 0.6) is 0 Å². The fraction of sp³-hybridized carbons (Fsp3) is 0.933. The zero-order chi connectivity index (χ0) is 14.9. The Morgan fingerprint density at radius 3 is 2.21 bits per heavy atom. The van der Waals surface area contributed by atoms with Gasteiger partial charge in [-0.15, -0.1) is 0 Å². The number of ether oxygens (including phenoxy) is 1. The molecular formula is C15H32N2O2. The van der Waals surface area contributed by atoms with Gasteiger partial charge >= 0.3 is 6.09 Å². The van der Waals surface area contributed by atoms with Crippen molar-refractivity contribution >= 4 is 6.09 Å². The van der Waals surface area contributed by atoms with Gasteiger partial charge in [0.05, 0.1) is 0 Å². The van der Waals surface area contributed by atoms with Crippen LogP contribution in [0.4, 0.5) is 4.79 Å².